The monoisotopic (exact) mass is 253 g/mol. The molecule has 1 rings (SSSR count). The number of hydrogen-bond acceptors (Lipinski definition) is 3. The van der Waals surface area contributed by atoms with Gasteiger partial charge in [0, 0.05) is 0 Å². The summed E-state index contributed by atoms with van der Waals surface area (Å²) in [6, 6.07) is 0. The van der Waals surface area contributed by atoms with Crippen molar-refractivity contribution < 1.29 is 0 Å². The van der Waals surface area contributed by atoms with Gasteiger partial charge in [-0.25, -0.2) is 0 Å². The van der Waals surface area contributed by atoms with Crippen molar-refractivity contribution in [2.75, 3.05) is 21.1 Å². The van der Waals surface area contributed by atoms with Crippen LogP contribution in [0.15, 0.2) is 0 Å². The van der Waals surface area contributed by atoms with Crippen molar-refractivity contribution in [3.63, 3.8) is 0 Å². The zero-order valence-electron chi connectivity index (χ0n) is 9.37. The fraction of sp³-hybridized carbons (Fsp3) is 1.00. The topological polar surface area (TPSA) is 9.72 Å². The molecular formula is C6H20ClN3Si3. The van der Waals surface area contributed by atoms with Gasteiger partial charge in [-0.3, -0.25) is 0 Å². The first-order valence-corrected chi connectivity index (χ1v) is 12.4. The molecule has 7 heteroatoms. The molecule has 78 valence electrons. The van der Waals surface area contributed by atoms with E-state index in [4.69, 9.17) is 11.1 Å². The molecule has 1 aliphatic heterocycles. The number of halogens is 1. The maximum Gasteiger partial charge on any atom is 0.292 e. The molecule has 0 aliphatic carbocycles. The molecule has 0 bridgehead atoms. The van der Waals surface area contributed by atoms with Gasteiger partial charge in [0.1, 0.15) is 0 Å². The lowest BCUT2D eigenvalue weighted by Gasteiger charge is -2.53. The van der Waals surface area contributed by atoms with E-state index >= 15 is 0 Å². The maximum atomic E-state index is 6.66. The Morgan fingerprint density at radius 1 is 1.00 bits per heavy atom. The normalized spacial score (nSPS) is 45.5. The van der Waals surface area contributed by atoms with Crippen molar-refractivity contribution in [2.24, 2.45) is 0 Å². The smallest absolute Gasteiger partial charge is 0.292 e. The molecule has 2 atom stereocenters. The summed E-state index contributed by atoms with van der Waals surface area (Å²) in [4.78, 5) is 0. The lowest BCUT2D eigenvalue weighted by molar-refractivity contribution is 0.536. The molecule has 0 aromatic carbocycles. The van der Waals surface area contributed by atoms with Crippen LogP contribution in [0, 0.1) is 0 Å². The molecule has 13 heavy (non-hydrogen) atoms. The number of hydrogen-bond donors (Lipinski definition) is 0. The fourth-order valence-electron chi connectivity index (χ4n) is 1.79. The molecule has 0 saturated carbocycles. The summed E-state index contributed by atoms with van der Waals surface area (Å²) in [5.41, 5.74) is 0. The predicted octanol–water partition coefficient (Wildman–Crippen LogP) is 0.304. The molecule has 1 fully saturated rings. The molecule has 2 unspecified atom stereocenters. The van der Waals surface area contributed by atoms with Crippen LogP contribution in [-0.4, -0.2) is 59.8 Å². The Bertz CT molecular complexity index is 186. The van der Waals surface area contributed by atoms with Gasteiger partial charge in [0.05, 0.1) is 0 Å². The quantitative estimate of drug-likeness (QED) is 0.455. The molecule has 0 radical (unpaired) electrons. The SMILES string of the molecule is CN1[SiH](C)N(C)[Si](C)(Cl)N(C)[SiH]1C. The highest BCUT2D eigenvalue weighted by atomic mass is 35.6. The zero-order valence-corrected chi connectivity index (χ0v) is 13.4. The molecule has 3 nitrogen and oxygen atoms in total. The van der Waals surface area contributed by atoms with Crippen LogP contribution in [0.25, 0.3) is 0 Å². The first-order valence-electron chi connectivity index (χ1n) is 4.67. The standard InChI is InChI=1S/C6H20ClN3Si3/c1-8-11(4)9(2)13(6,7)10(3)12(8)5/h11-12H,1-6H3. The number of nitrogens with zero attached hydrogens (tertiary/aromatic N) is 3. The Morgan fingerprint density at radius 3 is 1.62 bits per heavy atom. The first-order chi connectivity index (χ1) is 5.80. The summed E-state index contributed by atoms with van der Waals surface area (Å²) >= 11 is 6.66. The summed E-state index contributed by atoms with van der Waals surface area (Å²) < 4.78 is 7.56. The van der Waals surface area contributed by atoms with E-state index in [1.54, 1.807) is 0 Å². The minimum atomic E-state index is -1.74. The molecule has 1 saturated heterocycles. The van der Waals surface area contributed by atoms with E-state index in [2.05, 4.69) is 53.5 Å². The van der Waals surface area contributed by atoms with E-state index in [1.165, 1.54) is 0 Å². The Morgan fingerprint density at radius 2 is 1.31 bits per heavy atom. The van der Waals surface area contributed by atoms with Crippen LogP contribution in [0.2, 0.25) is 19.6 Å². The van der Waals surface area contributed by atoms with E-state index in [-0.39, 0.29) is 0 Å². The van der Waals surface area contributed by atoms with Crippen LogP contribution in [0.5, 0.6) is 0 Å². The molecule has 0 spiro atoms. The van der Waals surface area contributed by atoms with Crippen LogP contribution >= 0.6 is 11.1 Å². The Balaban J connectivity index is 2.93. The van der Waals surface area contributed by atoms with Crippen molar-refractivity contribution in [1.82, 2.24) is 12.7 Å². The average molecular weight is 254 g/mol. The third kappa shape index (κ3) is 1.81. The maximum absolute atomic E-state index is 6.66. The van der Waals surface area contributed by atoms with Crippen LogP contribution in [-0.2, 0) is 0 Å². The summed E-state index contributed by atoms with van der Waals surface area (Å²) in [7, 11) is 3.14. The second-order valence-corrected chi connectivity index (χ2v) is 16.8. The predicted molar refractivity (Wildman–Crippen MR) is 66.8 cm³/mol. The third-order valence-electron chi connectivity index (χ3n) is 3.59. The summed E-state index contributed by atoms with van der Waals surface area (Å²) in [6.45, 7) is 7.00. The molecule has 1 heterocycles. The summed E-state index contributed by atoms with van der Waals surface area (Å²) in [5, 5.41) is 0. The van der Waals surface area contributed by atoms with Crippen molar-refractivity contribution >= 4 is 37.0 Å². The van der Waals surface area contributed by atoms with Gasteiger partial charge in [-0.2, -0.15) is 0 Å². The minimum Gasteiger partial charge on any atom is -0.330 e. The van der Waals surface area contributed by atoms with E-state index in [9.17, 15) is 0 Å². The van der Waals surface area contributed by atoms with Gasteiger partial charge in [0.2, 0.25) is 0 Å². The molecular weight excluding hydrogens is 234 g/mol. The van der Waals surface area contributed by atoms with Gasteiger partial charge in [-0.1, -0.05) is 0 Å². The minimum absolute atomic E-state index is 0.888. The lowest BCUT2D eigenvalue weighted by atomic mass is 11.6. The Kier molecular flexibility index (Phi) is 3.44. The van der Waals surface area contributed by atoms with E-state index in [1.807, 2.05) is 0 Å². The van der Waals surface area contributed by atoms with Gasteiger partial charge in [0.25, 0.3) is 7.71 Å². The molecule has 1 aliphatic rings. The highest BCUT2D eigenvalue weighted by molar-refractivity contribution is 7.22. The van der Waals surface area contributed by atoms with Crippen molar-refractivity contribution in [3.05, 3.63) is 0 Å². The zero-order chi connectivity index (χ0) is 10.4. The van der Waals surface area contributed by atoms with Gasteiger partial charge in [-0.15, -0.1) is 11.1 Å². The van der Waals surface area contributed by atoms with Gasteiger partial charge in [-0.05, 0) is 40.8 Å². The second kappa shape index (κ2) is 3.76. The van der Waals surface area contributed by atoms with Gasteiger partial charge < -0.3 is 12.7 Å². The first kappa shape index (κ1) is 11.9. The summed E-state index contributed by atoms with van der Waals surface area (Å²) in [6.07, 6.45) is 0. The molecule has 0 aromatic heterocycles. The second-order valence-electron chi connectivity index (χ2n) is 4.06. The highest BCUT2D eigenvalue weighted by Gasteiger charge is 2.48. The Labute approximate surface area is 90.7 Å². The van der Waals surface area contributed by atoms with Crippen LogP contribution in [0.4, 0.5) is 0 Å². The fourth-order valence-corrected chi connectivity index (χ4v) is 18.5. The van der Waals surface area contributed by atoms with Crippen molar-refractivity contribution in [2.45, 2.75) is 19.6 Å². The van der Waals surface area contributed by atoms with Gasteiger partial charge in [0.15, 0.2) is 18.2 Å². The van der Waals surface area contributed by atoms with E-state index in [0.717, 1.165) is 0 Å². The van der Waals surface area contributed by atoms with Crippen LogP contribution < -0.4 is 0 Å². The largest absolute Gasteiger partial charge is 0.330 e. The average Bonchev–Trinajstić information content (AvgIpc) is 2.09. The third-order valence-corrected chi connectivity index (χ3v) is 21.2. The molecule has 0 N–H and O–H groups in total. The molecule has 0 aromatic rings. The highest BCUT2D eigenvalue weighted by Crippen LogP contribution is 2.26. The van der Waals surface area contributed by atoms with Crippen molar-refractivity contribution in [3.8, 4) is 0 Å². The Hall–Kier alpha value is 0.821. The molecule has 0 amide bonds. The van der Waals surface area contributed by atoms with Crippen molar-refractivity contribution in [1.29, 1.82) is 0 Å². The van der Waals surface area contributed by atoms with Crippen LogP contribution in [0.1, 0.15) is 0 Å². The van der Waals surface area contributed by atoms with E-state index in [0.29, 0.717) is 0 Å². The van der Waals surface area contributed by atoms with Crippen LogP contribution in [0.3, 0.4) is 0 Å². The summed E-state index contributed by atoms with van der Waals surface area (Å²) in [5.74, 6) is 0. The number of rotatable bonds is 0. The van der Waals surface area contributed by atoms with Gasteiger partial charge >= 0.3 is 0 Å². The lowest BCUT2D eigenvalue weighted by Crippen LogP contribution is -2.77. The van der Waals surface area contributed by atoms with E-state index < -0.39 is 25.9 Å².